The molecule has 0 aromatic heterocycles. The molecule has 0 heterocycles. The number of methoxy groups -OCH3 is 1. The van der Waals surface area contributed by atoms with Crippen LogP contribution in [0, 0.1) is 0 Å². The lowest BCUT2D eigenvalue weighted by Crippen LogP contribution is -2.13. The van der Waals surface area contributed by atoms with Crippen molar-refractivity contribution in [2.75, 3.05) is 13.7 Å². The van der Waals surface area contributed by atoms with Gasteiger partial charge in [0.25, 0.3) is 0 Å². The molecule has 3 aromatic rings. The molecular weight excluding hydrogens is 537 g/mol. The molecule has 4 nitrogen and oxygen atoms in total. The van der Waals surface area contributed by atoms with Crippen LogP contribution in [-0.2, 0) is 19.7 Å². The number of halogens is 4. The maximum absolute atomic E-state index is 6.27. The van der Waals surface area contributed by atoms with E-state index in [1.807, 2.05) is 49.4 Å². The highest BCUT2D eigenvalue weighted by Crippen LogP contribution is 2.38. The third-order valence-corrected chi connectivity index (χ3v) is 5.77. The highest BCUT2D eigenvalue weighted by atomic mass is 79.9. The monoisotopic (exact) mass is 559 g/mol. The van der Waals surface area contributed by atoms with Gasteiger partial charge in [-0.2, -0.15) is 0 Å². The first-order valence-corrected chi connectivity index (χ1v) is 11.4. The molecule has 0 radical (unpaired) electrons. The average molecular weight is 562 g/mol. The second-order valence-electron chi connectivity index (χ2n) is 6.78. The maximum atomic E-state index is 6.27. The number of rotatable bonds is 10. The summed E-state index contributed by atoms with van der Waals surface area (Å²) < 4.78 is 18.1. The minimum Gasteiger partial charge on any atom is -0.496 e. The van der Waals surface area contributed by atoms with Crippen LogP contribution in [-0.4, -0.2) is 13.7 Å². The maximum Gasteiger partial charge on any atom is 0.175 e. The third kappa shape index (κ3) is 7.19. The predicted octanol–water partition coefficient (Wildman–Crippen LogP) is 7.45. The molecule has 8 heteroatoms. The largest absolute Gasteiger partial charge is 0.496 e. The van der Waals surface area contributed by atoms with Gasteiger partial charge >= 0.3 is 0 Å². The summed E-state index contributed by atoms with van der Waals surface area (Å²) >= 11 is 15.9. The van der Waals surface area contributed by atoms with Crippen molar-refractivity contribution in [2.24, 2.45) is 0 Å². The Morgan fingerprint density at radius 3 is 2.41 bits per heavy atom. The van der Waals surface area contributed by atoms with Crippen molar-refractivity contribution in [1.29, 1.82) is 0 Å². The molecule has 0 aliphatic carbocycles. The second-order valence-corrected chi connectivity index (χ2v) is 8.48. The number of para-hydroxylation sites is 1. The van der Waals surface area contributed by atoms with Crippen LogP contribution in [0.2, 0.25) is 10.0 Å². The van der Waals surface area contributed by atoms with Gasteiger partial charge in [-0.1, -0.05) is 47.5 Å². The van der Waals surface area contributed by atoms with Crippen molar-refractivity contribution in [1.82, 2.24) is 5.32 Å². The summed E-state index contributed by atoms with van der Waals surface area (Å²) in [6.07, 6.45) is 0. The van der Waals surface area contributed by atoms with Crippen molar-refractivity contribution < 1.29 is 14.2 Å². The number of nitrogens with one attached hydrogen (secondary N) is 1. The molecule has 32 heavy (non-hydrogen) atoms. The zero-order valence-electron chi connectivity index (χ0n) is 17.8. The van der Waals surface area contributed by atoms with Crippen molar-refractivity contribution >= 4 is 51.5 Å². The van der Waals surface area contributed by atoms with Crippen LogP contribution in [0.5, 0.6) is 17.2 Å². The highest BCUT2D eigenvalue weighted by molar-refractivity contribution is 9.10. The quantitative estimate of drug-likeness (QED) is 0.279. The first kappa shape index (κ1) is 26.6. The van der Waals surface area contributed by atoms with Crippen LogP contribution in [0.25, 0.3) is 0 Å². The molecule has 0 fully saturated rings. The number of benzene rings is 3. The van der Waals surface area contributed by atoms with Crippen molar-refractivity contribution in [2.45, 2.75) is 26.6 Å². The zero-order chi connectivity index (χ0) is 22.2. The predicted molar refractivity (Wildman–Crippen MR) is 137 cm³/mol. The summed E-state index contributed by atoms with van der Waals surface area (Å²) in [6.45, 7) is 4.14. The van der Waals surface area contributed by atoms with Gasteiger partial charge in [-0.25, -0.2) is 0 Å². The number of hydrogen-bond donors (Lipinski definition) is 1. The summed E-state index contributed by atoms with van der Waals surface area (Å²) in [5.74, 6) is 2.19. The van der Waals surface area contributed by atoms with Gasteiger partial charge in [0.05, 0.1) is 18.2 Å². The van der Waals surface area contributed by atoms with E-state index in [2.05, 4.69) is 21.2 Å². The van der Waals surface area contributed by atoms with E-state index in [9.17, 15) is 0 Å². The van der Waals surface area contributed by atoms with E-state index in [4.69, 9.17) is 37.4 Å². The molecule has 0 amide bonds. The highest BCUT2D eigenvalue weighted by Gasteiger charge is 2.14. The van der Waals surface area contributed by atoms with Crippen LogP contribution >= 0.6 is 51.5 Å². The lowest BCUT2D eigenvalue weighted by Gasteiger charge is -2.16. The summed E-state index contributed by atoms with van der Waals surface area (Å²) in [7, 11) is 1.68. The van der Waals surface area contributed by atoms with Gasteiger partial charge in [-0.3, -0.25) is 0 Å². The molecular formula is C24H25BrCl3NO3. The lowest BCUT2D eigenvalue weighted by atomic mass is 10.1. The Morgan fingerprint density at radius 1 is 0.906 bits per heavy atom. The van der Waals surface area contributed by atoms with Gasteiger partial charge in [-0.05, 0) is 58.7 Å². The fraction of sp³-hybridized carbons (Fsp3) is 0.250. The molecule has 0 atom stereocenters. The SMILES string of the molecule is CCOc1cc(CNCc2ccccc2OC)cc(Br)c1OCc1ccc(Cl)cc1Cl.Cl. The first-order valence-electron chi connectivity index (χ1n) is 9.86. The van der Waals surface area contributed by atoms with Crippen LogP contribution < -0.4 is 19.5 Å². The minimum atomic E-state index is 0. The van der Waals surface area contributed by atoms with Gasteiger partial charge in [-0.15, -0.1) is 12.4 Å². The molecule has 0 aliphatic heterocycles. The normalized spacial score (nSPS) is 10.4. The molecule has 172 valence electrons. The summed E-state index contributed by atoms with van der Waals surface area (Å²) in [5.41, 5.74) is 3.03. The molecule has 1 N–H and O–H groups in total. The average Bonchev–Trinajstić information content (AvgIpc) is 2.75. The van der Waals surface area contributed by atoms with E-state index in [1.54, 1.807) is 19.2 Å². The Kier molecular flexibility index (Phi) is 11.0. The molecule has 3 rings (SSSR count). The second kappa shape index (κ2) is 13.2. The van der Waals surface area contributed by atoms with Gasteiger partial charge in [0.2, 0.25) is 0 Å². The molecule has 0 spiro atoms. The smallest absolute Gasteiger partial charge is 0.175 e. The first-order chi connectivity index (χ1) is 15.0. The Bertz CT molecular complexity index is 1030. The summed E-state index contributed by atoms with van der Waals surface area (Å²) in [4.78, 5) is 0. The van der Waals surface area contributed by atoms with Crippen LogP contribution in [0.1, 0.15) is 23.6 Å². The standard InChI is InChI=1S/C24H24BrCl2NO3.ClH/c1-3-30-23-11-16(13-28-14-17-6-4-5-7-22(17)29-2)10-20(25)24(23)31-15-18-8-9-19(26)12-21(18)27;/h4-12,28H,3,13-15H2,1-2H3;1H. The molecule has 0 saturated heterocycles. The van der Waals surface area contributed by atoms with E-state index in [1.165, 1.54) is 0 Å². The fourth-order valence-corrected chi connectivity index (χ4v) is 4.17. The van der Waals surface area contributed by atoms with Crippen molar-refractivity contribution in [3.63, 3.8) is 0 Å². The molecule has 3 aromatic carbocycles. The van der Waals surface area contributed by atoms with Crippen LogP contribution in [0.15, 0.2) is 59.1 Å². The molecule has 0 aliphatic rings. The van der Waals surface area contributed by atoms with E-state index < -0.39 is 0 Å². The van der Waals surface area contributed by atoms with E-state index in [0.29, 0.717) is 47.8 Å². The summed E-state index contributed by atoms with van der Waals surface area (Å²) in [6, 6.07) is 17.3. The van der Waals surface area contributed by atoms with Crippen LogP contribution in [0.4, 0.5) is 0 Å². The van der Waals surface area contributed by atoms with E-state index >= 15 is 0 Å². The molecule has 0 unspecified atom stereocenters. The molecule has 0 saturated carbocycles. The van der Waals surface area contributed by atoms with Gasteiger partial charge < -0.3 is 19.5 Å². The lowest BCUT2D eigenvalue weighted by molar-refractivity contribution is 0.267. The van der Waals surface area contributed by atoms with E-state index in [-0.39, 0.29) is 12.4 Å². The van der Waals surface area contributed by atoms with Gasteiger partial charge in [0.1, 0.15) is 12.4 Å². The van der Waals surface area contributed by atoms with Gasteiger partial charge in [0.15, 0.2) is 11.5 Å². The van der Waals surface area contributed by atoms with Gasteiger partial charge in [0, 0.05) is 34.3 Å². The third-order valence-electron chi connectivity index (χ3n) is 4.59. The Hall–Kier alpha value is -1.63. The minimum absolute atomic E-state index is 0. The van der Waals surface area contributed by atoms with Crippen molar-refractivity contribution in [3.05, 3.63) is 85.8 Å². The Balaban J connectivity index is 0.00000363. The zero-order valence-corrected chi connectivity index (χ0v) is 21.7. The number of ether oxygens (including phenoxy) is 3. The van der Waals surface area contributed by atoms with E-state index in [0.717, 1.165) is 26.9 Å². The summed E-state index contributed by atoms with van der Waals surface area (Å²) in [5, 5.41) is 4.61. The number of hydrogen-bond acceptors (Lipinski definition) is 4. The van der Waals surface area contributed by atoms with Crippen molar-refractivity contribution in [3.8, 4) is 17.2 Å². The molecule has 0 bridgehead atoms. The Morgan fingerprint density at radius 2 is 1.69 bits per heavy atom. The Labute approximate surface area is 213 Å². The fourth-order valence-electron chi connectivity index (χ4n) is 3.11. The topological polar surface area (TPSA) is 39.7 Å². The van der Waals surface area contributed by atoms with Crippen LogP contribution in [0.3, 0.4) is 0 Å².